The van der Waals surface area contributed by atoms with Crippen molar-refractivity contribution < 1.29 is 18.1 Å². The van der Waals surface area contributed by atoms with Crippen LogP contribution in [0.4, 0.5) is 17.1 Å². The minimum atomic E-state index is -3.88. The summed E-state index contributed by atoms with van der Waals surface area (Å²) in [4.78, 5) is 10.2. The number of nitro benzene ring substituents is 1. The van der Waals surface area contributed by atoms with Crippen molar-refractivity contribution in [2.24, 2.45) is 0 Å². The number of hydrogen-bond donors (Lipinski definition) is 2. The van der Waals surface area contributed by atoms with Crippen LogP contribution in [0.15, 0.2) is 47.4 Å². The van der Waals surface area contributed by atoms with Crippen LogP contribution >= 0.6 is 0 Å². The van der Waals surface area contributed by atoms with Gasteiger partial charge in [0.25, 0.3) is 15.7 Å². The van der Waals surface area contributed by atoms with Crippen LogP contribution in [0.1, 0.15) is 0 Å². The van der Waals surface area contributed by atoms with E-state index in [0.29, 0.717) is 5.69 Å². The number of nitrogens with two attached hydrogens (primary N) is 1. The van der Waals surface area contributed by atoms with Crippen molar-refractivity contribution >= 4 is 27.1 Å². The molecule has 0 fully saturated rings. The monoisotopic (exact) mass is 323 g/mol. The molecule has 0 atom stereocenters. The summed E-state index contributed by atoms with van der Waals surface area (Å²) in [6.07, 6.45) is 0. The number of nitrogens with zero attached hydrogens (tertiary/aromatic N) is 1. The summed E-state index contributed by atoms with van der Waals surface area (Å²) in [6, 6.07) is 9.23. The van der Waals surface area contributed by atoms with E-state index in [-0.39, 0.29) is 22.0 Å². The molecule has 0 saturated heterocycles. The van der Waals surface area contributed by atoms with Gasteiger partial charge in [0, 0.05) is 17.8 Å². The highest BCUT2D eigenvalue weighted by Gasteiger charge is 2.17. The van der Waals surface area contributed by atoms with Crippen LogP contribution in [0.2, 0.25) is 0 Å². The van der Waals surface area contributed by atoms with E-state index in [0.717, 1.165) is 6.07 Å². The molecule has 2 rings (SSSR count). The fraction of sp³-hybridized carbons (Fsp3) is 0.0769. The molecule has 0 radical (unpaired) electrons. The fourth-order valence-corrected chi connectivity index (χ4v) is 2.77. The lowest BCUT2D eigenvalue weighted by Crippen LogP contribution is -2.13. The van der Waals surface area contributed by atoms with Crippen molar-refractivity contribution in [3.8, 4) is 5.75 Å². The van der Waals surface area contributed by atoms with Gasteiger partial charge in [-0.1, -0.05) is 0 Å². The number of anilines is 2. The van der Waals surface area contributed by atoms with Gasteiger partial charge in [-0.3, -0.25) is 14.8 Å². The van der Waals surface area contributed by atoms with E-state index in [1.165, 1.54) is 43.5 Å². The first-order valence-corrected chi connectivity index (χ1v) is 7.52. The molecule has 0 bridgehead atoms. The largest absolute Gasteiger partial charge is 0.496 e. The van der Waals surface area contributed by atoms with Crippen molar-refractivity contribution in [2.75, 3.05) is 17.6 Å². The Morgan fingerprint density at radius 3 is 2.36 bits per heavy atom. The lowest BCUT2D eigenvalue weighted by atomic mass is 10.2. The first kappa shape index (κ1) is 15.6. The van der Waals surface area contributed by atoms with Crippen LogP contribution in [0, 0.1) is 10.1 Å². The minimum Gasteiger partial charge on any atom is -0.496 e. The number of rotatable bonds is 5. The number of nitrogen functional groups attached to an aromatic ring is 1. The van der Waals surface area contributed by atoms with Gasteiger partial charge in [-0.05, 0) is 24.3 Å². The standard InChI is InChI=1S/C13H13N3O5S/c1-21-12-7-10(6-11(8-12)16(17)18)15-22(19,20)13-4-2-9(14)3-5-13/h2-8,15H,14H2,1H3. The molecule has 116 valence electrons. The van der Waals surface area contributed by atoms with E-state index in [9.17, 15) is 18.5 Å². The van der Waals surface area contributed by atoms with Gasteiger partial charge >= 0.3 is 0 Å². The van der Waals surface area contributed by atoms with E-state index < -0.39 is 14.9 Å². The number of methoxy groups -OCH3 is 1. The molecule has 0 aliphatic rings. The van der Waals surface area contributed by atoms with Gasteiger partial charge in [0.05, 0.1) is 28.7 Å². The lowest BCUT2D eigenvalue weighted by Gasteiger charge is -2.09. The molecule has 3 N–H and O–H groups in total. The molecule has 9 heteroatoms. The van der Waals surface area contributed by atoms with Crippen molar-refractivity contribution in [3.63, 3.8) is 0 Å². The van der Waals surface area contributed by atoms with Gasteiger partial charge in [0.1, 0.15) is 5.75 Å². The molecule has 0 aliphatic carbocycles. The molecule has 2 aromatic carbocycles. The predicted molar refractivity (Wildman–Crippen MR) is 81.3 cm³/mol. The smallest absolute Gasteiger partial charge is 0.275 e. The first-order valence-electron chi connectivity index (χ1n) is 6.03. The van der Waals surface area contributed by atoms with Gasteiger partial charge < -0.3 is 10.5 Å². The van der Waals surface area contributed by atoms with Gasteiger partial charge in [0.2, 0.25) is 0 Å². The van der Waals surface area contributed by atoms with Crippen LogP contribution in [-0.2, 0) is 10.0 Å². The number of hydrogen-bond acceptors (Lipinski definition) is 6. The third-order valence-corrected chi connectivity index (χ3v) is 4.18. The zero-order valence-corrected chi connectivity index (χ0v) is 12.3. The van der Waals surface area contributed by atoms with Crippen molar-refractivity contribution in [3.05, 3.63) is 52.6 Å². The maximum absolute atomic E-state index is 12.2. The van der Waals surface area contributed by atoms with Crippen LogP contribution < -0.4 is 15.2 Å². The average molecular weight is 323 g/mol. The number of sulfonamides is 1. The van der Waals surface area contributed by atoms with E-state index >= 15 is 0 Å². The molecule has 0 heterocycles. The molecule has 0 aromatic heterocycles. The SMILES string of the molecule is COc1cc(NS(=O)(=O)c2ccc(N)cc2)cc([N+](=O)[O-])c1. The summed E-state index contributed by atoms with van der Waals surface area (Å²) in [5.41, 5.74) is 5.68. The summed E-state index contributed by atoms with van der Waals surface area (Å²) in [7, 11) is -2.55. The highest BCUT2D eigenvalue weighted by Crippen LogP contribution is 2.27. The minimum absolute atomic E-state index is 0.00725. The number of benzene rings is 2. The van der Waals surface area contributed by atoms with Crippen molar-refractivity contribution in [2.45, 2.75) is 4.90 Å². The van der Waals surface area contributed by atoms with E-state index in [2.05, 4.69) is 4.72 Å². The first-order chi connectivity index (χ1) is 10.3. The van der Waals surface area contributed by atoms with E-state index in [1.807, 2.05) is 0 Å². The molecule has 2 aromatic rings. The number of nitrogens with one attached hydrogen (secondary N) is 1. The second-order valence-electron chi connectivity index (χ2n) is 4.35. The maximum Gasteiger partial charge on any atom is 0.275 e. The summed E-state index contributed by atoms with van der Waals surface area (Å²) in [5.74, 6) is 0.171. The Kier molecular flexibility index (Phi) is 4.18. The Bertz CT molecular complexity index is 803. The molecule has 0 unspecified atom stereocenters. The highest BCUT2D eigenvalue weighted by atomic mass is 32.2. The zero-order valence-electron chi connectivity index (χ0n) is 11.5. The molecule has 0 amide bonds. The molecular weight excluding hydrogens is 310 g/mol. The third-order valence-electron chi connectivity index (χ3n) is 2.78. The average Bonchev–Trinajstić information content (AvgIpc) is 2.46. The molecule has 0 saturated carbocycles. The number of ether oxygens (including phenoxy) is 1. The Morgan fingerprint density at radius 1 is 1.18 bits per heavy atom. The van der Waals surface area contributed by atoms with Crippen molar-refractivity contribution in [1.82, 2.24) is 0 Å². The summed E-state index contributed by atoms with van der Waals surface area (Å²) in [5, 5.41) is 10.9. The Hall–Kier alpha value is -2.81. The summed E-state index contributed by atoms with van der Waals surface area (Å²) < 4.78 is 31.7. The van der Waals surface area contributed by atoms with Gasteiger partial charge in [-0.2, -0.15) is 0 Å². The normalized spacial score (nSPS) is 11.0. The second-order valence-corrected chi connectivity index (χ2v) is 6.03. The molecule has 0 aliphatic heterocycles. The van der Waals surface area contributed by atoms with Crippen LogP contribution in [0.3, 0.4) is 0 Å². The number of nitro groups is 1. The third kappa shape index (κ3) is 3.44. The number of non-ortho nitro benzene ring substituents is 1. The second kappa shape index (κ2) is 5.90. The van der Waals surface area contributed by atoms with Gasteiger partial charge in [-0.25, -0.2) is 8.42 Å². The summed E-state index contributed by atoms with van der Waals surface area (Å²) in [6.45, 7) is 0. The maximum atomic E-state index is 12.2. The fourth-order valence-electron chi connectivity index (χ4n) is 1.73. The van der Waals surface area contributed by atoms with Crippen LogP contribution in [0.5, 0.6) is 5.75 Å². The van der Waals surface area contributed by atoms with Crippen molar-refractivity contribution in [1.29, 1.82) is 0 Å². The molecule has 8 nitrogen and oxygen atoms in total. The Labute approximate surface area is 126 Å². The van der Waals surface area contributed by atoms with E-state index in [1.54, 1.807) is 0 Å². The molecule has 22 heavy (non-hydrogen) atoms. The Balaban J connectivity index is 2.38. The molecular formula is C13H13N3O5S. The topological polar surface area (TPSA) is 125 Å². The molecule has 0 spiro atoms. The quantitative estimate of drug-likeness (QED) is 0.492. The summed E-state index contributed by atoms with van der Waals surface area (Å²) >= 11 is 0. The van der Waals surface area contributed by atoms with Gasteiger partial charge in [0.15, 0.2) is 0 Å². The highest BCUT2D eigenvalue weighted by molar-refractivity contribution is 7.92. The predicted octanol–water partition coefficient (Wildman–Crippen LogP) is 1.99. The van der Waals surface area contributed by atoms with E-state index in [4.69, 9.17) is 10.5 Å². The lowest BCUT2D eigenvalue weighted by molar-refractivity contribution is -0.384. The zero-order chi connectivity index (χ0) is 16.3. The van der Waals surface area contributed by atoms with Crippen LogP contribution in [-0.4, -0.2) is 20.5 Å². The van der Waals surface area contributed by atoms with Crippen LogP contribution in [0.25, 0.3) is 0 Å². The van der Waals surface area contributed by atoms with Gasteiger partial charge in [-0.15, -0.1) is 0 Å². The Morgan fingerprint density at radius 2 is 1.82 bits per heavy atom.